The van der Waals surface area contributed by atoms with E-state index in [0.29, 0.717) is 0 Å². The molecule has 10 heteroatoms. The topological polar surface area (TPSA) is 155 Å². The summed E-state index contributed by atoms with van der Waals surface area (Å²) in [6.07, 6.45) is -2.06. The van der Waals surface area contributed by atoms with E-state index in [1.807, 2.05) is 0 Å². The van der Waals surface area contributed by atoms with Gasteiger partial charge in [0.1, 0.15) is 0 Å². The molecular formula is C6H8NaO8Pb. The van der Waals surface area contributed by atoms with Gasteiger partial charge in [0.2, 0.25) is 0 Å². The van der Waals surface area contributed by atoms with Crippen molar-refractivity contribution < 1.29 is 67.4 Å². The minimum Gasteiger partial charge on any atom is 1.00 e. The number of carboxylic acids is 2. The number of carboxylic acid groups (broad SMARTS) is 2. The van der Waals surface area contributed by atoms with Gasteiger partial charge in [-0.1, -0.05) is 0 Å². The predicted molar refractivity (Wildman–Crippen MR) is 42.3 cm³/mol. The van der Waals surface area contributed by atoms with Crippen molar-refractivity contribution in [3.63, 3.8) is 0 Å². The molecule has 0 aliphatic rings. The van der Waals surface area contributed by atoms with E-state index in [9.17, 15) is 24.6 Å². The fourth-order valence-corrected chi connectivity index (χ4v) is 1.01. The molecule has 0 aromatic heterocycles. The van der Waals surface area contributed by atoms with Crippen molar-refractivity contribution in [2.24, 2.45) is 0 Å². The average Bonchev–Trinajstić information content (AvgIpc) is 2.02. The van der Waals surface area contributed by atoms with E-state index in [-0.39, 0.29) is 61.3 Å². The number of aliphatic carboxylic acids is 2. The van der Waals surface area contributed by atoms with Crippen molar-refractivity contribution in [3.05, 3.63) is 0 Å². The summed E-state index contributed by atoms with van der Waals surface area (Å²) < 4.78 is 4.24. The molecule has 1 unspecified atom stereocenters. The minimum absolute atomic E-state index is 0. The normalized spacial score (nSPS) is 12.4. The molecule has 3 radical (unpaired) electrons. The van der Waals surface area contributed by atoms with Crippen LogP contribution < -0.4 is 34.7 Å². The van der Waals surface area contributed by atoms with E-state index in [1.54, 1.807) is 0 Å². The van der Waals surface area contributed by atoms with Crippen LogP contribution in [-0.2, 0) is 17.1 Å². The number of carbonyl (C=O) groups is 3. The zero-order chi connectivity index (χ0) is 11.4. The SMILES string of the molecule is O.O=C([O-])CC(O)(CC(=O)[O][Pb])C(=O)O.[Na+]. The molecule has 0 fully saturated rings. The summed E-state index contributed by atoms with van der Waals surface area (Å²) in [6.45, 7) is 0. The van der Waals surface area contributed by atoms with Gasteiger partial charge in [-0.25, -0.2) is 0 Å². The largest absolute Gasteiger partial charge is 1.00 e. The molecule has 0 saturated heterocycles. The number of hydrogen-bond acceptors (Lipinski definition) is 6. The summed E-state index contributed by atoms with van der Waals surface area (Å²) in [5.41, 5.74) is -2.65. The van der Waals surface area contributed by atoms with E-state index >= 15 is 0 Å². The molecule has 8 nitrogen and oxygen atoms in total. The quantitative estimate of drug-likeness (QED) is 0.404. The number of carbonyl (C=O) groups excluding carboxylic acids is 2. The van der Waals surface area contributed by atoms with Gasteiger partial charge in [0, 0.05) is 0 Å². The summed E-state index contributed by atoms with van der Waals surface area (Å²) in [5, 5.41) is 27.9. The van der Waals surface area contributed by atoms with Crippen LogP contribution in [0.15, 0.2) is 0 Å². The number of aliphatic hydroxyl groups is 1. The van der Waals surface area contributed by atoms with Gasteiger partial charge in [-0.2, -0.15) is 0 Å². The number of rotatable bonds is 5. The monoisotopic (exact) mass is 439 g/mol. The van der Waals surface area contributed by atoms with E-state index in [0.717, 1.165) is 0 Å². The van der Waals surface area contributed by atoms with Gasteiger partial charge in [0.05, 0.1) is 0 Å². The van der Waals surface area contributed by atoms with Crippen LogP contribution in [0.5, 0.6) is 0 Å². The van der Waals surface area contributed by atoms with Crippen molar-refractivity contribution in [2.75, 3.05) is 0 Å². The summed E-state index contributed by atoms with van der Waals surface area (Å²) in [4.78, 5) is 31.3. The number of hydrogen-bond donors (Lipinski definition) is 2. The van der Waals surface area contributed by atoms with Crippen LogP contribution >= 0.6 is 0 Å². The Labute approximate surface area is 129 Å². The van der Waals surface area contributed by atoms with Crippen molar-refractivity contribution in [3.8, 4) is 0 Å². The molecular weight excluding hydrogens is 430 g/mol. The summed E-state index contributed by atoms with van der Waals surface area (Å²) in [5.74, 6) is -4.51. The molecule has 0 aromatic carbocycles. The molecule has 4 N–H and O–H groups in total. The van der Waals surface area contributed by atoms with Gasteiger partial charge >= 0.3 is 125 Å². The first-order chi connectivity index (χ1) is 6.31. The Morgan fingerprint density at radius 2 is 1.75 bits per heavy atom. The second-order valence-corrected chi connectivity index (χ2v) is 3.33. The maximum atomic E-state index is 10.7. The molecule has 0 saturated carbocycles. The Balaban J connectivity index is -0.000000845. The molecule has 0 aliphatic heterocycles. The maximum absolute atomic E-state index is 10.7. The Morgan fingerprint density at radius 3 is 2.00 bits per heavy atom. The molecule has 1 atom stereocenters. The summed E-state index contributed by atoms with van der Waals surface area (Å²) >= 11 is 0.0442. The van der Waals surface area contributed by atoms with Crippen LogP contribution in [0, 0.1) is 0 Å². The van der Waals surface area contributed by atoms with Crippen LogP contribution in [0.2, 0.25) is 0 Å². The second-order valence-electron chi connectivity index (χ2n) is 2.54. The standard InChI is InChI=1S/C6H8O7.Na.H2O.Pb/c7-3(8)1-6(13,5(11)12)2-4(9)10;;;/h13H,1-2H2,(H,7,8)(H,9,10)(H,11,12);;1H2;/q;+1;;+1/p-2. The van der Waals surface area contributed by atoms with Crippen molar-refractivity contribution in [1.29, 1.82) is 0 Å². The fourth-order valence-electron chi connectivity index (χ4n) is 0.727. The third-order valence-electron chi connectivity index (χ3n) is 1.39. The molecule has 0 rings (SSSR count). The van der Waals surface area contributed by atoms with Crippen molar-refractivity contribution in [1.82, 2.24) is 0 Å². The first kappa shape index (κ1) is 21.5. The molecule has 85 valence electrons. The Hall–Kier alpha value is 0.252. The Kier molecular flexibility index (Phi) is 12.5. The average molecular weight is 438 g/mol. The molecule has 0 heterocycles. The van der Waals surface area contributed by atoms with Gasteiger partial charge in [-0.15, -0.1) is 0 Å². The summed E-state index contributed by atoms with van der Waals surface area (Å²) in [7, 11) is 0. The van der Waals surface area contributed by atoms with Crippen LogP contribution in [-0.4, -0.2) is 65.4 Å². The van der Waals surface area contributed by atoms with Crippen molar-refractivity contribution >= 4 is 44.1 Å². The van der Waals surface area contributed by atoms with E-state index in [1.165, 1.54) is 0 Å². The van der Waals surface area contributed by atoms with Crippen LogP contribution in [0.25, 0.3) is 0 Å². The van der Waals surface area contributed by atoms with E-state index < -0.39 is 36.4 Å². The van der Waals surface area contributed by atoms with Crippen LogP contribution in [0.1, 0.15) is 12.8 Å². The summed E-state index contributed by atoms with van der Waals surface area (Å²) in [6, 6.07) is 0. The third-order valence-corrected chi connectivity index (χ3v) is 2.27. The maximum Gasteiger partial charge on any atom is 1.00 e. The van der Waals surface area contributed by atoms with Crippen molar-refractivity contribution in [2.45, 2.75) is 18.4 Å². The minimum atomic E-state index is -2.65. The van der Waals surface area contributed by atoms with Gasteiger partial charge < -0.3 is 5.48 Å². The zero-order valence-corrected chi connectivity index (χ0v) is 14.2. The third kappa shape index (κ3) is 7.51. The Morgan fingerprint density at radius 1 is 1.31 bits per heavy atom. The fraction of sp³-hybridized carbons (Fsp3) is 0.500. The predicted octanol–water partition coefficient (Wildman–Crippen LogP) is -6.86. The van der Waals surface area contributed by atoms with Gasteiger partial charge in [0.25, 0.3) is 0 Å². The molecule has 0 bridgehead atoms. The Bertz CT molecular complexity index is 269. The van der Waals surface area contributed by atoms with Gasteiger partial charge in [0.15, 0.2) is 0 Å². The zero-order valence-electron chi connectivity index (χ0n) is 8.35. The smallest absolute Gasteiger partial charge is 1.00 e. The molecule has 16 heavy (non-hydrogen) atoms. The van der Waals surface area contributed by atoms with E-state index in [2.05, 4.69) is 2.69 Å². The first-order valence-corrected chi connectivity index (χ1v) is 4.92. The van der Waals surface area contributed by atoms with Gasteiger partial charge in [-0.05, 0) is 0 Å². The molecule has 0 spiro atoms. The van der Waals surface area contributed by atoms with E-state index in [4.69, 9.17) is 5.11 Å². The van der Waals surface area contributed by atoms with Crippen LogP contribution in [0.3, 0.4) is 0 Å². The first-order valence-electron chi connectivity index (χ1n) is 3.34. The molecule has 0 amide bonds. The van der Waals surface area contributed by atoms with Crippen LogP contribution in [0.4, 0.5) is 0 Å². The molecule has 0 aliphatic carbocycles. The second kappa shape index (κ2) is 9.30. The van der Waals surface area contributed by atoms with Gasteiger partial charge in [-0.3, -0.25) is 0 Å². The molecule has 0 aromatic rings.